The van der Waals surface area contributed by atoms with Crippen molar-refractivity contribution in [2.75, 3.05) is 5.32 Å². The molecule has 0 fully saturated rings. The average Bonchev–Trinajstić information content (AvgIpc) is 2.71. The van der Waals surface area contributed by atoms with Crippen LogP contribution < -0.4 is 5.32 Å². The number of halogens is 1. The van der Waals surface area contributed by atoms with Crippen LogP contribution in [0.2, 0.25) is 0 Å². The Balaban J connectivity index is 2.33. The van der Waals surface area contributed by atoms with Gasteiger partial charge in [0.2, 0.25) is 0 Å². The first-order chi connectivity index (χ1) is 9.40. The summed E-state index contributed by atoms with van der Waals surface area (Å²) in [6.45, 7) is 3.44. The lowest BCUT2D eigenvalue weighted by Crippen LogP contribution is -2.14. The topological polar surface area (TPSA) is 101 Å². The molecule has 0 unspecified atom stereocenters. The number of H-pyrrole nitrogens is 1. The number of non-ortho nitro benzene ring substituents is 1. The number of hydrogen-bond acceptors (Lipinski definition) is 4. The van der Waals surface area contributed by atoms with E-state index >= 15 is 0 Å². The maximum atomic E-state index is 12.2. The van der Waals surface area contributed by atoms with Gasteiger partial charge in [-0.05, 0) is 35.8 Å². The molecule has 0 aliphatic rings. The molecule has 2 N–H and O–H groups in total. The molecule has 8 heteroatoms. The number of hydrogen-bond donors (Lipinski definition) is 2. The van der Waals surface area contributed by atoms with Crippen LogP contribution in [0.15, 0.2) is 22.7 Å². The number of carbonyl (C=O) groups excluding carboxylic acids is 1. The summed E-state index contributed by atoms with van der Waals surface area (Å²) in [5.74, 6) is -0.366. The lowest BCUT2D eigenvalue weighted by molar-refractivity contribution is -0.384. The standard InChI is InChI=1S/C12H11BrN4O3/c1-6-11(7(2)16-15-6)12(18)14-10-5-8(17(19)20)3-4-9(10)13/h3-5H,1-2H3,(H,14,18)(H,15,16). The maximum Gasteiger partial charge on any atom is 0.271 e. The average molecular weight is 339 g/mol. The van der Waals surface area contributed by atoms with Crippen LogP contribution >= 0.6 is 15.9 Å². The SMILES string of the molecule is Cc1n[nH]c(C)c1C(=O)Nc1cc([N+](=O)[O-])ccc1Br. The normalized spacial score (nSPS) is 10.3. The van der Waals surface area contributed by atoms with Crippen molar-refractivity contribution in [1.29, 1.82) is 0 Å². The number of nitrogens with one attached hydrogen (secondary N) is 2. The molecule has 0 saturated heterocycles. The summed E-state index contributed by atoms with van der Waals surface area (Å²) in [6.07, 6.45) is 0. The van der Waals surface area contributed by atoms with Gasteiger partial charge in [0.25, 0.3) is 11.6 Å². The fraction of sp³-hybridized carbons (Fsp3) is 0.167. The highest BCUT2D eigenvalue weighted by Crippen LogP contribution is 2.27. The van der Waals surface area contributed by atoms with Crippen LogP contribution in [0.5, 0.6) is 0 Å². The molecular formula is C12H11BrN4O3. The quantitative estimate of drug-likeness (QED) is 0.663. The number of anilines is 1. The third-order valence-electron chi connectivity index (χ3n) is 2.76. The summed E-state index contributed by atoms with van der Waals surface area (Å²) in [7, 11) is 0. The van der Waals surface area contributed by atoms with Gasteiger partial charge in [0.1, 0.15) is 0 Å². The Morgan fingerprint density at radius 1 is 1.45 bits per heavy atom. The fourth-order valence-electron chi connectivity index (χ4n) is 1.79. The summed E-state index contributed by atoms with van der Waals surface area (Å²) in [5, 5.41) is 20.0. The number of carbonyl (C=O) groups is 1. The second-order valence-electron chi connectivity index (χ2n) is 4.18. The Morgan fingerprint density at radius 2 is 2.15 bits per heavy atom. The van der Waals surface area contributed by atoms with E-state index in [0.29, 0.717) is 27.1 Å². The Hall–Kier alpha value is -2.22. The lowest BCUT2D eigenvalue weighted by Gasteiger charge is -2.07. The molecule has 0 aliphatic carbocycles. The molecule has 0 aliphatic heterocycles. The van der Waals surface area contributed by atoms with E-state index in [0.717, 1.165) is 0 Å². The van der Waals surface area contributed by atoms with Crippen molar-refractivity contribution < 1.29 is 9.72 Å². The molecule has 0 saturated carbocycles. The van der Waals surface area contributed by atoms with Crippen LogP contribution in [0.25, 0.3) is 0 Å². The first-order valence-electron chi connectivity index (χ1n) is 5.67. The molecule has 1 heterocycles. The molecule has 0 bridgehead atoms. The van der Waals surface area contributed by atoms with Crippen molar-refractivity contribution in [3.05, 3.63) is 49.7 Å². The molecule has 7 nitrogen and oxygen atoms in total. The first kappa shape index (κ1) is 14.2. The number of aryl methyl sites for hydroxylation is 2. The van der Waals surface area contributed by atoms with E-state index in [-0.39, 0.29) is 11.6 Å². The molecule has 0 spiro atoms. The van der Waals surface area contributed by atoms with Gasteiger partial charge in [-0.15, -0.1) is 0 Å². The van der Waals surface area contributed by atoms with E-state index in [2.05, 4.69) is 31.4 Å². The van der Waals surface area contributed by atoms with Crippen LogP contribution in [0.4, 0.5) is 11.4 Å². The predicted octanol–water partition coefficient (Wildman–Crippen LogP) is 2.95. The monoisotopic (exact) mass is 338 g/mol. The number of aromatic amines is 1. The minimum absolute atomic E-state index is 0.0934. The first-order valence-corrected chi connectivity index (χ1v) is 6.46. The van der Waals surface area contributed by atoms with E-state index in [1.807, 2.05) is 0 Å². The highest BCUT2D eigenvalue weighted by atomic mass is 79.9. The molecule has 2 rings (SSSR count). The number of amides is 1. The zero-order chi connectivity index (χ0) is 14.9. The zero-order valence-electron chi connectivity index (χ0n) is 10.7. The highest BCUT2D eigenvalue weighted by molar-refractivity contribution is 9.10. The van der Waals surface area contributed by atoms with Gasteiger partial charge >= 0.3 is 0 Å². The van der Waals surface area contributed by atoms with Gasteiger partial charge in [-0.3, -0.25) is 20.0 Å². The van der Waals surface area contributed by atoms with Gasteiger partial charge < -0.3 is 5.32 Å². The van der Waals surface area contributed by atoms with Crippen molar-refractivity contribution in [3.8, 4) is 0 Å². The Labute approximate surface area is 122 Å². The van der Waals surface area contributed by atoms with Gasteiger partial charge in [-0.1, -0.05) is 0 Å². The van der Waals surface area contributed by atoms with Crippen LogP contribution in [-0.2, 0) is 0 Å². The number of aromatic nitrogens is 2. The summed E-state index contributed by atoms with van der Waals surface area (Å²) in [4.78, 5) is 22.4. The largest absolute Gasteiger partial charge is 0.321 e. The minimum Gasteiger partial charge on any atom is -0.321 e. The zero-order valence-corrected chi connectivity index (χ0v) is 12.3. The van der Waals surface area contributed by atoms with Crippen LogP contribution in [-0.4, -0.2) is 21.0 Å². The van der Waals surface area contributed by atoms with Gasteiger partial charge in [0, 0.05) is 22.3 Å². The fourth-order valence-corrected chi connectivity index (χ4v) is 2.14. The van der Waals surface area contributed by atoms with Crippen molar-refractivity contribution in [2.24, 2.45) is 0 Å². The van der Waals surface area contributed by atoms with Gasteiger partial charge in [-0.2, -0.15) is 5.10 Å². The van der Waals surface area contributed by atoms with E-state index in [1.165, 1.54) is 18.2 Å². The van der Waals surface area contributed by atoms with E-state index in [9.17, 15) is 14.9 Å². The summed E-state index contributed by atoms with van der Waals surface area (Å²) in [5.41, 5.74) is 1.89. The Morgan fingerprint density at radius 3 is 2.70 bits per heavy atom. The molecule has 0 radical (unpaired) electrons. The van der Waals surface area contributed by atoms with E-state index in [1.54, 1.807) is 13.8 Å². The number of nitrogens with zero attached hydrogens (tertiary/aromatic N) is 2. The number of nitro benzene ring substituents is 1. The van der Waals surface area contributed by atoms with Gasteiger partial charge in [0.05, 0.1) is 21.9 Å². The molecule has 2 aromatic rings. The minimum atomic E-state index is -0.517. The van der Waals surface area contributed by atoms with Crippen molar-refractivity contribution in [1.82, 2.24) is 10.2 Å². The number of nitro groups is 1. The van der Waals surface area contributed by atoms with Crippen LogP contribution in [0, 0.1) is 24.0 Å². The highest BCUT2D eigenvalue weighted by Gasteiger charge is 2.17. The maximum absolute atomic E-state index is 12.2. The second-order valence-corrected chi connectivity index (χ2v) is 5.04. The van der Waals surface area contributed by atoms with Gasteiger partial charge in [0.15, 0.2) is 0 Å². The van der Waals surface area contributed by atoms with Crippen LogP contribution in [0.3, 0.4) is 0 Å². The summed E-state index contributed by atoms with van der Waals surface area (Å²) >= 11 is 3.25. The van der Waals surface area contributed by atoms with Gasteiger partial charge in [-0.25, -0.2) is 0 Å². The Kier molecular flexibility index (Phi) is 3.84. The molecule has 1 amide bonds. The van der Waals surface area contributed by atoms with Crippen molar-refractivity contribution in [2.45, 2.75) is 13.8 Å². The summed E-state index contributed by atoms with van der Waals surface area (Å²) in [6, 6.07) is 4.17. The van der Waals surface area contributed by atoms with Crippen LogP contribution in [0.1, 0.15) is 21.7 Å². The Bertz CT molecular complexity index is 677. The van der Waals surface area contributed by atoms with E-state index < -0.39 is 4.92 Å². The third-order valence-corrected chi connectivity index (χ3v) is 3.46. The van der Waals surface area contributed by atoms with Crippen molar-refractivity contribution >= 4 is 33.2 Å². The number of benzene rings is 1. The third kappa shape index (κ3) is 2.69. The molecular weight excluding hydrogens is 328 g/mol. The van der Waals surface area contributed by atoms with E-state index in [4.69, 9.17) is 0 Å². The molecule has 1 aromatic carbocycles. The smallest absolute Gasteiger partial charge is 0.271 e. The number of rotatable bonds is 3. The second kappa shape index (κ2) is 5.41. The summed E-state index contributed by atoms with van der Waals surface area (Å²) < 4.78 is 0.565. The molecule has 20 heavy (non-hydrogen) atoms. The molecule has 0 atom stereocenters. The van der Waals surface area contributed by atoms with Crippen molar-refractivity contribution in [3.63, 3.8) is 0 Å². The molecule has 1 aromatic heterocycles. The molecule has 104 valence electrons. The lowest BCUT2D eigenvalue weighted by atomic mass is 10.2. The predicted molar refractivity (Wildman–Crippen MR) is 76.8 cm³/mol.